The van der Waals surface area contributed by atoms with Gasteiger partial charge in [0.25, 0.3) is 0 Å². The maximum atomic E-state index is 5.71. The molecule has 106 valence electrons. The minimum Gasteiger partial charge on any atom is -0.497 e. The third kappa shape index (κ3) is 2.79. The van der Waals surface area contributed by atoms with E-state index >= 15 is 0 Å². The highest BCUT2D eigenvalue weighted by Crippen LogP contribution is 2.24. The molecule has 1 atom stereocenters. The zero-order valence-corrected chi connectivity index (χ0v) is 11.9. The highest BCUT2D eigenvalue weighted by Gasteiger charge is 2.12. The Labute approximate surface area is 118 Å². The van der Waals surface area contributed by atoms with Crippen LogP contribution in [0.25, 0.3) is 11.1 Å². The molecule has 1 aromatic carbocycles. The Kier molecular flexibility index (Phi) is 3.63. The quantitative estimate of drug-likeness (QED) is 0.912. The summed E-state index contributed by atoms with van der Waals surface area (Å²) in [7, 11) is 0. The molecule has 1 unspecified atom stereocenters. The first-order valence-corrected chi connectivity index (χ1v) is 7.17. The minimum atomic E-state index is 0.249. The van der Waals surface area contributed by atoms with Gasteiger partial charge in [-0.05, 0) is 37.1 Å². The average molecular weight is 272 g/mol. The van der Waals surface area contributed by atoms with E-state index in [9.17, 15) is 0 Å². The number of oxazole rings is 1. The molecule has 1 N–H and O–H groups in total. The topological polar surface area (TPSA) is 47.3 Å². The van der Waals surface area contributed by atoms with Gasteiger partial charge in [0.1, 0.15) is 11.6 Å². The van der Waals surface area contributed by atoms with E-state index in [0.29, 0.717) is 5.92 Å². The number of aromatic nitrogens is 1. The SMILES string of the molecule is CC(C)c1nc2cc(NCC3CCC=CO3)ccc2o1. The van der Waals surface area contributed by atoms with Crippen molar-refractivity contribution in [2.75, 3.05) is 11.9 Å². The molecule has 4 nitrogen and oxygen atoms in total. The highest BCUT2D eigenvalue weighted by atomic mass is 16.5. The van der Waals surface area contributed by atoms with Gasteiger partial charge in [-0.3, -0.25) is 0 Å². The molecule has 3 rings (SSSR count). The van der Waals surface area contributed by atoms with Crippen molar-refractivity contribution in [1.29, 1.82) is 0 Å². The van der Waals surface area contributed by atoms with Crippen LogP contribution in [0.3, 0.4) is 0 Å². The van der Waals surface area contributed by atoms with Crippen molar-refractivity contribution >= 4 is 16.8 Å². The van der Waals surface area contributed by atoms with Crippen LogP contribution < -0.4 is 5.32 Å². The van der Waals surface area contributed by atoms with E-state index in [1.807, 2.05) is 18.2 Å². The van der Waals surface area contributed by atoms with E-state index in [1.54, 1.807) is 6.26 Å². The van der Waals surface area contributed by atoms with Crippen LogP contribution in [0.4, 0.5) is 5.69 Å². The summed E-state index contributed by atoms with van der Waals surface area (Å²) >= 11 is 0. The Morgan fingerprint density at radius 3 is 3.05 bits per heavy atom. The lowest BCUT2D eigenvalue weighted by Gasteiger charge is -2.20. The number of benzene rings is 1. The second kappa shape index (κ2) is 5.57. The molecule has 2 heterocycles. The van der Waals surface area contributed by atoms with E-state index in [2.05, 4.69) is 30.2 Å². The molecule has 0 amide bonds. The number of fused-ring (bicyclic) bond motifs is 1. The Balaban J connectivity index is 1.70. The van der Waals surface area contributed by atoms with E-state index in [1.165, 1.54) is 0 Å². The predicted molar refractivity (Wildman–Crippen MR) is 79.8 cm³/mol. The zero-order valence-electron chi connectivity index (χ0n) is 11.9. The number of ether oxygens (including phenoxy) is 1. The van der Waals surface area contributed by atoms with Crippen LogP contribution in [0.2, 0.25) is 0 Å². The summed E-state index contributed by atoms with van der Waals surface area (Å²) in [5.74, 6) is 1.10. The monoisotopic (exact) mass is 272 g/mol. The summed E-state index contributed by atoms with van der Waals surface area (Å²) in [5.41, 5.74) is 2.80. The van der Waals surface area contributed by atoms with Crippen molar-refractivity contribution in [3.05, 3.63) is 36.4 Å². The lowest BCUT2D eigenvalue weighted by Crippen LogP contribution is -2.22. The van der Waals surface area contributed by atoms with Crippen molar-refractivity contribution < 1.29 is 9.15 Å². The van der Waals surface area contributed by atoms with Gasteiger partial charge in [0.05, 0.1) is 12.8 Å². The van der Waals surface area contributed by atoms with Crippen LogP contribution in [-0.2, 0) is 4.74 Å². The van der Waals surface area contributed by atoms with Gasteiger partial charge in [-0.25, -0.2) is 4.98 Å². The van der Waals surface area contributed by atoms with Crippen molar-refractivity contribution in [2.24, 2.45) is 0 Å². The van der Waals surface area contributed by atoms with Crippen molar-refractivity contribution in [3.63, 3.8) is 0 Å². The number of allylic oxidation sites excluding steroid dienone is 1. The summed E-state index contributed by atoms with van der Waals surface area (Å²) in [6, 6.07) is 6.03. The fraction of sp³-hybridized carbons (Fsp3) is 0.438. The van der Waals surface area contributed by atoms with Gasteiger partial charge < -0.3 is 14.5 Å². The van der Waals surface area contributed by atoms with Crippen LogP contribution in [0.15, 0.2) is 35.0 Å². The fourth-order valence-electron chi connectivity index (χ4n) is 2.27. The molecule has 0 fully saturated rings. The van der Waals surface area contributed by atoms with E-state index in [0.717, 1.165) is 42.1 Å². The van der Waals surface area contributed by atoms with Crippen LogP contribution in [0, 0.1) is 0 Å². The second-order valence-corrected chi connectivity index (χ2v) is 5.48. The van der Waals surface area contributed by atoms with Gasteiger partial charge in [-0.1, -0.05) is 13.8 Å². The molecule has 1 aromatic heterocycles. The molecule has 1 aliphatic rings. The third-order valence-electron chi connectivity index (χ3n) is 3.45. The summed E-state index contributed by atoms with van der Waals surface area (Å²) in [5, 5.41) is 3.40. The standard InChI is InChI=1S/C16H20N2O2/c1-11(2)16-18-14-9-12(6-7-15(14)20-16)17-10-13-5-3-4-8-19-13/h4,6-9,11,13,17H,3,5,10H2,1-2H3. The van der Waals surface area contributed by atoms with Gasteiger partial charge in [-0.15, -0.1) is 0 Å². The minimum absolute atomic E-state index is 0.249. The lowest BCUT2D eigenvalue weighted by molar-refractivity contribution is 0.135. The van der Waals surface area contributed by atoms with Crippen LogP contribution >= 0.6 is 0 Å². The number of rotatable bonds is 4. The van der Waals surface area contributed by atoms with Gasteiger partial charge in [0.15, 0.2) is 11.5 Å². The van der Waals surface area contributed by atoms with E-state index in [4.69, 9.17) is 9.15 Å². The molecule has 2 aromatic rings. The number of anilines is 1. The normalized spacial score (nSPS) is 18.4. The zero-order chi connectivity index (χ0) is 13.9. The highest BCUT2D eigenvalue weighted by molar-refractivity contribution is 5.77. The molecule has 1 aliphatic heterocycles. The van der Waals surface area contributed by atoms with Gasteiger partial charge in [0.2, 0.25) is 0 Å². The first kappa shape index (κ1) is 13.0. The van der Waals surface area contributed by atoms with Crippen molar-refractivity contribution in [2.45, 2.75) is 38.7 Å². The number of hydrogen-bond acceptors (Lipinski definition) is 4. The second-order valence-electron chi connectivity index (χ2n) is 5.48. The maximum Gasteiger partial charge on any atom is 0.198 e. The fourth-order valence-corrected chi connectivity index (χ4v) is 2.27. The molecule has 0 saturated carbocycles. The molecule has 0 bridgehead atoms. The van der Waals surface area contributed by atoms with Gasteiger partial charge in [0, 0.05) is 11.6 Å². The molecular weight excluding hydrogens is 252 g/mol. The summed E-state index contributed by atoms with van der Waals surface area (Å²) < 4.78 is 11.3. The molecule has 0 radical (unpaired) electrons. The average Bonchev–Trinajstić information content (AvgIpc) is 2.89. The Bertz CT molecular complexity index is 616. The molecule has 4 heteroatoms. The molecule has 0 saturated heterocycles. The van der Waals surface area contributed by atoms with Crippen molar-refractivity contribution in [1.82, 2.24) is 4.98 Å². The number of nitrogens with one attached hydrogen (secondary N) is 1. The first-order valence-electron chi connectivity index (χ1n) is 7.17. The third-order valence-corrected chi connectivity index (χ3v) is 3.45. The van der Waals surface area contributed by atoms with Gasteiger partial charge in [-0.2, -0.15) is 0 Å². The van der Waals surface area contributed by atoms with Crippen molar-refractivity contribution in [3.8, 4) is 0 Å². The van der Waals surface area contributed by atoms with E-state index < -0.39 is 0 Å². The molecule has 20 heavy (non-hydrogen) atoms. The summed E-state index contributed by atoms with van der Waals surface area (Å²) in [4.78, 5) is 4.52. The summed E-state index contributed by atoms with van der Waals surface area (Å²) in [6.45, 7) is 4.97. The largest absolute Gasteiger partial charge is 0.497 e. The lowest BCUT2D eigenvalue weighted by atomic mass is 10.1. The number of nitrogens with zero attached hydrogens (tertiary/aromatic N) is 1. The molecular formula is C16H20N2O2. The molecule has 0 aliphatic carbocycles. The first-order chi connectivity index (χ1) is 9.72. The Morgan fingerprint density at radius 1 is 1.40 bits per heavy atom. The van der Waals surface area contributed by atoms with Crippen LogP contribution in [-0.4, -0.2) is 17.6 Å². The van der Waals surface area contributed by atoms with Crippen LogP contribution in [0.1, 0.15) is 38.5 Å². The predicted octanol–water partition coefficient (Wildman–Crippen LogP) is 4.06. The number of hydrogen-bond donors (Lipinski definition) is 1. The van der Waals surface area contributed by atoms with Crippen LogP contribution in [0.5, 0.6) is 0 Å². The maximum absolute atomic E-state index is 5.71. The molecule has 0 spiro atoms. The summed E-state index contributed by atoms with van der Waals surface area (Å²) in [6.07, 6.45) is 6.26. The van der Waals surface area contributed by atoms with E-state index in [-0.39, 0.29) is 6.10 Å². The Hall–Kier alpha value is -1.97. The Morgan fingerprint density at radius 2 is 2.30 bits per heavy atom. The van der Waals surface area contributed by atoms with Gasteiger partial charge >= 0.3 is 0 Å². The smallest absolute Gasteiger partial charge is 0.198 e.